The molecule has 0 aliphatic heterocycles. The van der Waals surface area contributed by atoms with Gasteiger partial charge in [0.15, 0.2) is 11.0 Å². The summed E-state index contributed by atoms with van der Waals surface area (Å²) >= 11 is 1.36. The highest BCUT2D eigenvalue weighted by Crippen LogP contribution is 2.12. The van der Waals surface area contributed by atoms with Gasteiger partial charge >= 0.3 is 0 Å². The third-order valence-corrected chi connectivity index (χ3v) is 3.93. The van der Waals surface area contributed by atoms with E-state index < -0.39 is 0 Å². The monoisotopic (exact) mass is 329 g/mol. The van der Waals surface area contributed by atoms with Crippen molar-refractivity contribution in [3.63, 3.8) is 0 Å². The average molecular weight is 329 g/mol. The van der Waals surface area contributed by atoms with Crippen LogP contribution in [0.2, 0.25) is 0 Å². The maximum Gasteiger partial charge on any atom is 0.224 e. The van der Waals surface area contributed by atoms with Gasteiger partial charge in [-0.15, -0.1) is 16.4 Å². The highest BCUT2D eigenvalue weighted by molar-refractivity contribution is 7.13. The zero-order valence-electron chi connectivity index (χ0n) is 12.4. The maximum absolute atomic E-state index is 12.0. The molecular formula is C14H15N7OS. The van der Waals surface area contributed by atoms with Gasteiger partial charge in [0.2, 0.25) is 5.91 Å². The van der Waals surface area contributed by atoms with Crippen LogP contribution < -0.4 is 11.1 Å². The number of aromatic nitrogens is 5. The zero-order chi connectivity index (χ0) is 16.2. The summed E-state index contributed by atoms with van der Waals surface area (Å²) < 4.78 is 1.64. The first-order valence-electron chi connectivity index (χ1n) is 6.92. The lowest BCUT2D eigenvalue weighted by molar-refractivity contribution is -0.120. The SMILES string of the molecule is Cc1nnnn1-c1ccc(CC(=O)NCc2csc(N)n2)cc1. The predicted molar refractivity (Wildman–Crippen MR) is 86.0 cm³/mol. The lowest BCUT2D eigenvalue weighted by Gasteiger charge is -2.05. The van der Waals surface area contributed by atoms with Gasteiger partial charge in [-0.25, -0.2) is 4.98 Å². The number of hydrogen-bond acceptors (Lipinski definition) is 7. The molecule has 0 saturated heterocycles. The number of tetrazole rings is 1. The van der Waals surface area contributed by atoms with Gasteiger partial charge in [0.1, 0.15) is 0 Å². The summed E-state index contributed by atoms with van der Waals surface area (Å²) in [6, 6.07) is 7.54. The number of benzene rings is 1. The van der Waals surface area contributed by atoms with Crippen LogP contribution in [0, 0.1) is 6.92 Å². The molecule has 2 heterocycles. The van der Waals surface area contributed by atoms with Crippen LogP contribution in [-0.4, -0.2) is 31.1 Å². The summed E-state index contributed by atoms with van der Waals surface area (Å²) in [6.07, 6.45) is 0.300. The van der Waals surface area contributed by atoms with E-state index in [1.807, 2.05) is 36.6 Å². The van der Waals surface area contributed by atoms with Crippen LogP contribution >= 0.6 is 11.3 Å². The second kappa shape index (κ2) is 6.53. The zero-order valence-corrected chi connectivity index (χ0v) is 13.2. The summed E-state index contributed by atoms with van der Waals surface area (Å²) in [7, 11) is 0. The Labute approximate surface area is 136 Å². The predicted octanol–water partition coefficient (Wildman–Crippen LogP) is 0.868. The van der Waals surface area contributed by atoms with Crippen LogP contribution in [0.3, 0.4) is 0 Å². The van der Waals surface area contributed by atoms with Gasteiger partial charge in [-0.05, 0) is 35.0 Å². The molecule has 0 fully saturated rings. The number of nitrogens with two attached hydrogens (primary N) is 1. The number of amides is 1. The number of carbonyl (C=O) groups excluding carboxylic acids is 1. The number of carbonyl (C=O) groups is 1. The summed E-state index contributed by atoms with van der Waals surface area (Å²) in [5.41, 5.74) is 8.09. The van der Waals surface area contributed by atoms with Gasteiger partial charge < -0.3 is 11.1 Å². The van der Waals surface area contributed by atoms with E-state index in [4.69, 9.17) is 5.73 Å². The Morgan fingerprint density at radius 3 is 2.74 bits per heavy atom. The number of hydrogen-bond donors (Lipinski definition) is 2. The molecule has 9 heteroatoms. The number of nitrogens with zero attached hydrogens (tertiary/aromatic N) is 5. The van der Waals surface area contributed by atoms with Crippen molar-refractivity contribution in [2.24, 2.45) is 0 Å². The smallest absolute Gasteiger partial charge is 0.224 e. The second-order valence-corrected chi connectivity index (χ2v) is 5.82. The highest BCUT2D eigenvalue weighted by Gasteiger charge is 2.07. The molecule has 3 N–H and O–H groups in total. The molecule has 0 aliphatic carbocycles. The Bertz CT molecular complexity index is 809. The Morgan fingerprint density at radius 1 is 1.35 bits per heavy atom. The highest BCUT2D eigenvalue weighted by atomic mass is 32.1. The summed E-state index contributed by atoms with van der Waals surface area (Å²) in [4.78, 5) is 16.1. The number of thiazole rings is 1. The van der Waals surface area contributed by atoms with E-state index >= 15 is 0 Å². The molecule has 2 aromatic heterocycles. The van der Waals surface area contributed by atoms with Gasteiger partial charge in [0.05, 0.1) is 24.3 Å². The van der Waals surface area contributed by atoms with Gasteiger partial charge in [0, 0.05) is 5.38 Å². The van der Waals surface area contributed by atoms with Gasteiger partial charge in [0.25, 0.3) is 0 Å². The van der Waals surface area contributed by atoms with Gasteiger partial charge in [-0.2, -0.15) is 4.68 Å². The van der Waals surface area contributed by atoms with Crippen LogP contribution in [0.15, 0.2) is 29.6 Å². The van der Waals surface area contributed by atoms with Crippen LogP contribution in [0.5, 0.6) is 0 Å². The van der Waals surface area contributed by atoms with Crippen molar-refractivity contribution in [1.29, 1.82) is 0 Å². The summed E-state index contributed by atoms with van der Waals surface area (Å²) in [5.74, 6) is 0.640. The molecule has 8 nitrogen and oxygen atoms in total. The molecule has 1 amide bonds. The van der Waals surface area contributed by atoms with Crippen molar-refractivity contribution < 1.29 is 4.79 Å². The number of nitrogens with one attached hydrogen (secondary N) is 1. The molecule has 118 valence electrons. The van der Waals surface area contributed by atoms with Crippen molar-refractivity contribution in [2.45, 2.75) is 19.9 Å². The third-order valence-electron chi connectivity index (χ3n) is 3.21. The summed E-state index contributed by atoms with van der Waals surface area (Å²) in [5, 5.41) is 16.5. The third kappa shape index (κ3) is 3.69. The lowest BCUT2D eigenvalue weighted by atomic mass is 10.1. The fourth-order valence-electron chi connectivity index (χ4n) is 2.07. The summed E-state index contributed by atoms with van der Waals surface area (Å²) in [6.45, 7) is 2.21. The molecular weight excluding hydrogens is 314 g/mol. The molecule has 23 heavy (non-hydrogen) atoms. The Morgan fingerprint density at radius 2 is 2.13 bits per heavy atom. The van der Waals surface area contributed by atoms with E-state index in [9.17, 15) is 4.79 Å². The minimum atomic E-state index is -0.0667. The fourth-order valence-corrected chi connectivity index (χ4v) is 2.63. The molecule has 0 aliphatic rings. The van der Waals surface area contributed by atoms with E-state index in [1.54, 1.807) is 4.68 Å². The normalized spacial score (nSPS) is 10.7. The molecule has 0 bridgehead atoms. The van der Waals surface area contributed by atoms with E-state index in [1.165, 1.54) is 11.3 Å². The molecule has 0 unspecified atom stereocenters. The van der Waals surface area contributed by atoms with Crippen LogP contribution in [0.4, 0.5) is 5.13 Å². The lowest BCUT2D eigenvalue weighted by Crippen LogP contribution is -2.24. The Hall–Kier alpha value is -2.81. The van der Waals surface area contributed by atoms with Crippen molar-refractivity contribution in [1.82, 2.24) is 30.5 Å². The fraction of sp³-hybridized carbons (Fsp3) is 0.214. The van der Waals surface area contributed by atoms with Crippen molar-refractivity contribution in [3.8, 4) is 5.69 Å². The van der Waals surface area contributed by atoms with Crippen molar-refractivity contribution >= 4 is 22.4 Å². The topological polar surface area (TPSA) is 112 Å². The van der Waals surface area contributed by atoms with Gasteiger partial charge in [-0.1, -0.05) is 12.1 Å². The number of aryl methyl sites for hydroxylation is 1. The standard InChI is InChI=1S/C14H15N7OS/c1-9-18-19-20-21(9)12-4-2-10(3-5-12)6-13(22)16-7-11-8-23-14(15)17-11/h2-5,8H,6-7H2,1H3,(H2,15,17)(H,16,22). The first-order chi connectivity index (χ1) is 11.1. The average Bonchev–Trinajstić information content (AvgIpc) is 3.14. The molecule has 0 radical (unpaired) electrons. The van der Waals surface area contributed by atoms with E-state index in [2.05, 4.69) is 25.8 Å². The molecule has 1 aromatic carbocycles. The molecule has 0 saturated carbocycles. The Balaban J connectivity index is 1.57. The Kier molecular flexibility index (Phi) is 4.29. The van der Waals surface area contributed by atoms with E-state index in [-0.39, 0.29) is 5.91 Å². The van der Waals surface area contributed by atoms with E-state index in [0.29, 0.717) is 23.9 Å². The molecule has 0 atom stereocenters. The van der Waals surface area contributed by atoms with E-state index in [0.717, 1.165) is 16.9 Å². The molecule has 0 spiro atoms. The first-order valence-corrected chi connectivity index (χ1v) is 7.80. The van der Waals surface area contributed by atoms with Crippen molar-refractivity contribution in [2.75, 3.05) is 5.73 Å². The van der Waals surface area contributed by atoms with Crippen LogP contribution in [-0.2, 0) is 17.8 Å². The molecule has 3 rings (SSSR count). The largest absolute Gasteiger partial charge is 0.375 e. The minimum absolute atomic E-state index is 0.0667. The van der Waals surface area contributed by atoms with Crippen LogP contribution in [0.1, 0.15) is 17.1 Å². The van der Waals surface area contributed by atoms with Crippen molar-refractivity contribution in [3.05, 3.63) is 46.7 Å². The minimum Gasteiger partial charge on any atom is -0.375 e. The maximum atomic E-state index is 12.0. The van der Waals surface area contributed by atoms with Crippen LogP contribution in [0.25, 0.3) is 5.69 Å². The number of nitrogen functional groups attached to an aromatic ring is 1. The van der Waals surface area contributed by atoms with Gasteiger partial charge in [-0.3, -0.25) is 4.79 Å². The molecule has 3 aromatic rings. The second-order valence-electron chi connectivity index (χ2n) is 4.93. The first kappa shape index (κ1) is 15.1. The quantitative estimate of drug-likeness (QED) is 0.718. The number of anilines is 1. The number of rotatable bonds is 5.